The maximum atomic E-state index is 15.0. The van der Waals surface area contributed by atoms with Crippen molar-refractivity contribution >= 4 is 27.9 Å². The second-order valence-electron chi connectivity index (χ2n) is 9.51. The van der Waals surface area contributed by atoms with E-state index in [1.54, 1.807) is 28.8 Å². The van der Waals surface area contributed by atoms with Gasteiger partial charge < -0.3 is 9.73 Å². The number of nitrogens with zero attached hydrogens (tertiary/aromatic N) is 3. The Hall–Kier alpha value is -3.43. The summed E-state index contributed by atoms with van der Waals surface area (Å²) < 4.78 is 35.7. The number of pyridine rings is 2. The average Bonchev–Trinajstić information content (AvgIpc) is 3.63. The van der Waals surface area contributed by atoms with E-state index in [0.717, 1.165) is 17.4 Å². The fraction of sp³-hybridized carbons (Fsp3) is 0.345. The van der Waals surface area contributed by atoms with Crippen molar-refractivity contribution in [1.82, 2.24) is 19.6 Å². The Morgan fingerprint density at radius 1 is 1.16 bits per heavy atom. The van der Waals surface area contributed by atoms with Crippen LogP contribution < -0.4 is 5.32 Å². The van der Waals surface area contributed by atoms with Gasteiger partial charge in [0.1, 0.15) is 17.3 Å². The van der Waals surface area contributed by atoms with E-state index in [2.05, 4.69) is 15.3 Å². The van der Waals surface area contributed by atoms with E-state index in [0.29, 0.717) is 53.4 Å². The number of halogens is 1. The molecule has 7 nitrogen and oxygen atoms in total. The van der Waals surface area contributed by atoms with Gasteiger partial charge in [-0.3, -0.25) is 14.8 Å². The normalized spacial score (nSPS) is 17.1. The van der Waals surface area contributed by atoms with Crippen LogP contribution in [0.1, 0.15) is 50.8 Å². The number of fused-ring (bicyclic) bond motifs is 1. The van der Waals surface area contributed by atoms with Gasteiger partial charge in [0.25, 0.3) is 0 Å². The third-order valence-electron chi connectivity index (χ3n) is 7.25. The summed E-state index contributed by atoms with van der Waals surface area (Å²) in [5, 5.41) is 4.18. The Morgan fingerprint density at radius 3 is 2.71 bits per heavy atom. The van der Waals surface area contributed by atoms with Crippen LogP contribution in [0.2, 0.25) is 0 Å². The van der Waals surface area contributed by atoms with Crippen LogP contribution in [0.3, 0.4) is 0 Å². The lowest BCUT2D eigenvalue weighted by atomic mass is 9.91. The number of carbonyl (C=O) groups excluding carboxylic acids is 1. The summed E-state index contributed by atoms with van der Waals surface area (Å²) in [5.74, 6) is -0.194. The summed E-state index contributed by atoms with van der Waals surface area (Å²) in [6.45, 7) is 4.45. The van der Waals surface area contributed by atoms with Crippen LogP contribution in [-0.4, -0.2) is 37.0 Å². The number of aromatic nitrogens is 2. The molecule has 2 atom stereocenters. The predicted molar refractivity (Wildman–Crippen MR) is 145 cm³/mol. The minimum absolute atomic E-state index is 0.194. The Kier molecular flexibility index (Phi) is 7.67. The second-order valence-corrected chi connectivity index (χ2v) is 10.9. The van der Waals surface area contributed by atoms with Crippen molar-refractivity contribution < 1.29 is 17.8 Å². The zero-order valence-electron chi connectivity index (χ0n) is 21.5. The van der Waals surface area contributed by atoms with E-state index in [-0.39, 0.29) is 12.5 Å². The largest absolute Gasteiger partial charge is 0.446 e. The van der Waals surface area contributed by atoms with Gasteiger partial charge in [0.15, 0.2) is 11.0 Å². The van der Waals surface area contributed by atoms with Crippen LogP contribution in [0.25, 0.3) is 22.2 Å². The molecule has 1 saturated heterocycles. The van der Waals surface area contributed by atoms with Crippen LogP contribution in [0.5, 0.6) is 0 Å². The first kappa shape index (κ1) is 26.2. The number of amides is 1. The zero-order chi connectivity index (χ0) is 26.7. The topological polar surface area (TPSA) is 88.3 Å². The number of rotatable bonds is 9. The molecule has 4 aromatic rings. The number of furan rings is 1. The number of para-hydroxylation sites is 1. The number of nitrogens with one attached hydrogen (secondary N) is 1. The summed E-state index contributed by atoms with van der Waals surface area (Å²) in [6, 6.07) is 16.1. The van der Waals surface area contributed by atoms with E-state index in [4.69, 9.17) is 4.42 Å². The summed E-state index contributed by atoms with van der Waals surface area (Å²) in [4.78, 5) is 21.9. The molecule has 1 amide bonds. The molecule has 4 heterocycles. The number of alkyl halides is 1. The monoisotopic (exact) mass is 534 g/mol. The molecule has 0 radical (unpaired) electrons. The lowest BCUT2D eigenvalue weighted by Gasteiger charge is -2.22. The molecule has 1 unspecified atom stereocenters. The molecule has 1 aliphatic rings. The molecule has 1 fully saturated rings. The molecule has 38 heavy (non-hydrogen) atoms. The molecule has 1 aliphatic heterocycles. The highest BCUT2D eigenvalue weighted by atomic mass is 32.2. The van der Waals surface area contributed by atoms with Gasteiger partial charge in [-0.1, -0.05) is 38.1 Å². The Bertz CT molecular complexity index is 1420. The van der Waals surface area contributed by atoms with Crippen molar-refractivity contribution in [3.05, 3.63) is 78.2 Å². The van der Waals surface area contributed by atoms with Crippen molar-refractivity contribution in [3.8, 4) is 11.3 Å². The summed E-state index contributed by atoms with van der Waals surface area (Å²) in [5.41, 5.74) is 2.09. The van der Waals surface area contributed by atoms with Crippen LogP contribution in [0.15, 0.2) is 76.5 Å². The fourth-order valence-electron chi connectivity index (χ4n) is 4.88. The molecule has 1 aromatic carbocycles. The Balaban J connectivity index is 1.24. The number of hydrogen-bond acceptors (Lipinski definition) is 5. The van der Waals surface area contributed by atoms with Gasteiger partial charge in [-0.25, -0.2) is 12.9 Å². The first-order chi connectivity index (χ1) is 18.4. The van der Waals surface area contributed by atoms with Gasteiger partial charge >= 0.3 is 0 Å². The molecule has 9 heteroatoms. The van der Waals surface area contributed by atoms with E-state index in [1.807, 2.05) is 56.3 Å². The molecule has 5 rings (SSSR count). The van der Waals surface area contributed by atoms with Gasteiger partial charge in [-0.15, -0.1) is 0 Å². The number of hydrogen-bond donors (Lipinski definition) is 1. The van der Waals surface area contributed by atoms with Gasteiger partial charge in [0.2, 0.25) is 11.0 Å². The van der Waals surface area contributed by atoms with Crippen LogP contribution >= 0.6 is 0 Å². The molecular weight excluding hydrogens is 503 g/mol. The quantitative estimate of drug-likeness (QED) is 0.299. The van der Waals surface area contributed by atoms with E-state index in [1.165, 1.54) is 0 Å². The van der Waals surface area contributed by atoms with Crippen molar-refractivity contribution in [2.24, 2.45) is 0 Å². The standard InChI is InChI=1S/C29H31FN4O3S/c1-3-29(30,4-2)22-11-12-24(32-18-22)20-13-14-31-23(16-20)19-33-28(35)25-9-7-15-34(25)38(36)27-17-21-8-5-6-10-26(21)37-27/h5-6,8,10-14,16-18,25H,3-4,7,9,15,19H2,1-2H3,(H,33,35)/t25-,38?/m0/s1. The second kappa shape index (κ2) is 11.1. The lowest BCUT2D eigenvalue weighted by molar-refractivity contribution is -0.124. The zero-order valence-corrected chi connectivity index (χ0v) is 22.3. The van der Waals surface area contributed by atoms with E-state index >= 15 is 0 Å². The highest BCUT2D eigenvalue weighted by Crippen LogP contribution is 2.33. The maximum absolute atomic E-state index is 15.0. The molecule has 0 aliphatic carbocycles. The molecule has 198 valence electrons. The van der Waals surface area contributed by atoms with Crippen molar-refractivity contribution in [1.29, 1.82) is 0 Å². The lowest BCUT2D eigenvalue weighted by Crippen LogP contribution is -2.43. The SMILES string of the molecule is CCC(F)(CC)c1ccc(-c2ccnc(CNC(=O)[C@@H]3CCCN3S(=O)c3cc4ccccc4o3)c2)nc1. The molecule has 0 bridgehead atoms. The third kappa shape index (κ3) is 5.26. The molecule has 1 N–H and O–H groups in total. The third-order valence-corrected chi connectivity index (χ3v) is 8.66. The van der Waals surface area contributed by atoms with Gasteiger partial charge in [0.05, 0.1) is 17.9 Å². The fourth-order valence-corrected chi connectivity index (χ4v) is 6.22. The van der Waals surface area contributed by atoms with E-state index < -0.39 is 22.7 Å². The smallest absolute Gasteiger partial charge is 0.238 e. The minimum atomic E-state index is -1.57. The van der Waals surface area contributed by atoms with Gasteiger partial charge in [0, 0.05) is 41.5 Å². The van der Waals surface area contributed by atoms with Crippen molar-refractivity contribution in [3.63, 3.8) is 0 Å². The predicted octanol–water partition coefficient (Wildman–Crippen LogP) is 5.68. The van der Waals surface area contributed by atoms with Crippen LogP contribution in [0, 0.1) is 0 Å². The van der Waals surface area contributed by atoms with E-state index in [9.17, 15) is 13.4 Å². The first-order valence-electron chi connectivity index (χ1n) is 13.0. The van der Waals surface area contributed by atoms with Crippen LogP contribution in [0.4, 0.5) is 4.39 Å². The molecule has 0 saturated carbocycles. The van der Waals surface area contributed by atoms with Crippen molar-refractivity contribution in [2.45, 2.75) is 62.9 Å². The van der Waals surface area contributed by atoms with Crippen molar-refractivity contribution in [2.75, 3.05) is 6.54 Å². The first-order valence-corrected chi connectivity index (χ1v) is 14.1. The highest BCUT2D eigenvalue weighted by molar-refractivity contribution is 7.82. The summed E-state index contributed by atoms with van der Waals surface area (Å²) >= 11 is 0. The summed E-state index contributed by atoms with van der Waals surface area (Å²) in [6.07, 6.45) is 5.45. The molecular formula is C29H31FN4O3S. The van der Waals surface area contributed by atoms with Gasteiger partial charge in [-0.2, -0.15) is 0 Å². The molecule has 3 aromatic heterocycles. The minimum Gasteiger partial charge on any atom is -0.446 e. The average molecular weight is 535 g/mol. The highest BCUT2D eigenvalue weighted by Gasteiger charge is 2.36. The maximum Gasteiger partial charge on any atom is 0.238 e. The number of benzene rings is 1. The molecule has 0 spiro atoms. The Morgan fingerprint density at radius 2 is 1.97 bits per heavy atom. The van der Waals surface area contributed by atoms with Crippen LogP contribution in [-0.2, 0) is 28.0 Å². The number of carbonyl (C=O) groups is 1. The summed E-state index contributed by atoms with van der Waals surface area (Å²) in [7, 11) is -1.57. The van der Waals surface area contributed by atoms with Gasteiger partial charge in [-0.05, 0) is 49.9 Å². The Labute approximate surface area is 224 Å².